The molecule has 0 radical (unpaired) electrons. The van der Waals surface area contributed by atoms with Crippen molar-refractivity contribution < 1.29 is 13.0 Å². The van der Waals surface area contributed by atoms with Gasteiger partial charge in [0, 0.05) is 36.5 Å². The van der Waals surface area contributed by atoms with Crippen molar-refractivity contribution in [2.45, 2.75) is 4.90 Å². The van der Waals surface area contributed by atoms with E-state index in [0.717, 1.165) is 11.3 Å². The summed E-state index contributed by atoms with van der Waals surface area (Å²) in [4.78, 5) is 4.32. The highest BCUT2D eigenvalue weighted by molar-refractivity contribution is 7.86. The maximum absolute atomic E-state index is 11.9. The Labute approximate surface area is 210 Å². The Morgan fingerprint density at radius 1 is 0.806 bits per heavy atom. The number of nitrogen functional groups attached to an aromatic ring is 1. The molecule has 36 heavy (non-hydrogen) atoms. The van der Waals surface area contributed by atoms with Gasteiger partial charge in [-0.1, -0.05) is 60.7 Å². The summed E-state index contributed by atoms with van der Waals surface area (Å²) in [6.45, 7) is 0. The van der Waals surface area contributed by atoms with Crippen LogP contribution in [0.3, 0.4) is 0 Å². The third-order valence-electron chi connectivity index (χ3n) is 6.01. The quantitative estimate of drug-likeness (QED) is 0.144. The molecule has 0 unspecified atom stereocenters. The highest BCUT2D eigenvalue weighted by Gasteiger charge is 2.18. The Hall–Kier alpha value is -4.18. The lowest BCUT2D eigenvalue weighted by atomic mass is 10.1. The summed E-state index contributed by atoms with van der Waals surface area (Å²) in [6, 6.07) is 26.1. The first-order valence-corrected chi connectivity index (χ1v) is 13.2. The van der Waals surface area contributed by atoms with Crippen LogP contribution in [0.5, 0.6) is 0 Å². The Kier molecular flexibility index (Phi) is 5.26. The minimum absolute atomic E-state index is 0.139. The van der Waals surface area contributed by atoms with Gasteiger partial charge in [0.1, 0.15) is 16.3 Å². The van der Waals surface area contributed by atoms with Gasteiger partial charge in [-0.2, -0.15) is 8.42 Å². The van der Waals surface area contributed by atoms with Crippen LogP contribution in [0.2, 0.25) is 0 Å². The van der Waals surface area contributed by atoms with Crippen molar-refractivity contribution in [3.05, 3.63) is 91.1 Å². The van der Waals surface area contributed by atoms with Crippen LogP contribution in [0, 0.1) is 0 Å². The number of anilines is 1. The molecular formula is C27H18N4O3S2. The van der Waals surface area contributed by atoms with Gasteiger partial charge < -0.3 is 5.73 Å². The number of hydrogen-bond donors (Lipinski definition) is 2. The SMILES string of the molecule is Nc1c(/N=N/c2ccc(-c3cccc4c3sc3ccccc34)nc2)cc(S(=O)(=O)O)c2ccccc12. The average molecular weight is 511 g/mol. The molecule has 3 N–H and O–H groups in total. The second-order valence-electron chi connectivity index (χ2n) is 8.21. The molecule has 2 aromatic heterocycles. The third-order valence-corrected chi connectivity index (χ3v) is 8.12. The van der Waals surface area contributed by atoms with E-state index in [1.54, 1.807) is 47.9 Å². The van der Waals surface area contributed by atoms with Gasteiger partial charge in [-0.15, -0.1) is 21.6 Å². The fourth-order valence-electron chi connectivity index (χ4n) is 4.31. The predicted molar refractivity (Wildman–Crippen MR) is 145 cm³/mol. The number of nitrogens with zero attached hydrogens (tertiary/aromatic N) is 3. The summed E-state index contributed by atoms with van der Waals surface area (Å²) < 4.78 is 36.0. The van der Waals surface area contributed by atoms with Crippen molar-refractivity contribution in [1.82, 2.24) is 4.98 Å². The number of fused-ring (bicyclic) bond motifs is 4. The molecule has 2 heterocycles. The Morgan fingerprint density at radius 2 is 1.53 bits per heavy atom. The van der Waals surface area contributed by atoms with E-state index in [1.165, 1.54) is 26.2 Å². The molecule has 0 saturated carbocycles. The second-order valence-corrected chi connectivity index (χ2v) is 10.7. The van der Waals surface area contributed by atoms with Gasteiger partial charge >= 0.3 is 0 Å². The van der Waals surface area contributed by atoms with Crippen LogP contribution in [0.15, 0.2) is 106 Å². The molecule has 9 heteroatoms. The van der Waals surface area contributed by atoms with Crippen LogP contribution < -0.4 is 5.73 Å². The van der Waals surface area contributed by atoms with Crippen molar-refractivity contribution in [1.29, 1.82) is 0 Å². The lowest BCUT2D eigenvalue weighted by Gasteiger charge is -2.09. The molecular weight excluding hydrogens is 492 g/mol. The molecule has 4 aromatic carbocycles. The number of nitrogens with two attached hydrogens (primary N) is 1. The highest BCUT2D eigenvalue weighted by Crippen LogP contribution is 2.40. The van der Waals surface area contributed by atoms with E-state index in [-0.39, 0.29) is 16.3 Å². The van der Waals surface area contributed by atoms with Crippen LogP contribution in [0.1, 0.15) is 0 Å². The fraction of sp³-hybridized carbons (Fsp3) is 0. The van der Waals surface area contributed by atoms with Crippen LogP contribution in [0.25, 0.3) is 42.2 Å². The second kappa shape index (κ2) is 8.49. The summed E-state index contributed by atoms with van der Waals surface area (Å²) in [6.07, 6.45) is 1.60. The fourth-order valence-corrected chi connectivity index (χ4v) is 6.25. The minimum Gasteiger partial charge on any atom is -0.396 e. The first kappa shape index (κ1) is 22.3. The van der Waals surface area contributed by atoms with Crippen LogP contribution in [-0.2, 0) is 10.1 Å². The normalized spacial score (nSPS) is 12.2. The predicted octanol–water partition coefficient (Wildman–Crippen LogP) is 7.51. The Morgan fingerprint density at radius 3 is 2.28 bits per heavy atom. The largest absolute Gasteiger partial charge is 0.396 e. The lowest BCUT2D eigenvalue weighted by Crippen LogP contribution is -2.01. The van der Waals surface area contributed by atoms with E-state index in [1.807, 2.05) is 30.3 Å². The van der Waals surface area contributed by atoms with E-state index in [2.05, 4.69) is 33.4 Å². The van der Waals surface area contributed by atoms with Gasteiger partial charge in [0.25, 0.3) is 10.1 Å². The Bertz CT molecular complexity index is 1930. The summed E-state index contributed by atoms with van der Waals surface area (Å²) in [5.74, 6) is 0. The number of benzene rings is 4. The van der Waals surface area contributed by atoms with Gasteiger partial charge in [-0.05, 0) is 24.3 Å². The van der Waals surface area contributed by atoms with Gasteiger partial charge in [-0.25, -0.2) is 0 Å². The third kappa shape index (κ3) is 3.79. The van der Waals surface area contributed by atoms with E-state index in [0.29, 0.717) is 16.5 Å². The Balaban J connectivity index is 1.38. The summed E-state index contributed by atoms with van der Waals surface area (Å²) in [5, 5.41) is 11.6. The molecule has 7 nitrogen and oxygen atoms in total. The van der Waals surface area contributed by atoms with Crippen molar-refractivity contribution in [3.63, 3.8) is 0 Å². The molecule has 6 rings (SSSR count). The zero-order valence-electron chi connectivity index (χ0n) is 18.7. The summed E-state index contributed by atoms with van der Waals surface area (Å²) in [7, 11) is -4.48. The van der Waals surface area contributed by atoms with Crippen LogP contribution >= 0.6 is 11.3 Å². The maximum atomic E-state index is 11.9. The number of pyridine rings is 1. The molecule has 0 aliphatic carbocycles. The topological polar surface area (TPSA) is 118 Å². The molecule has 0 aliphatic rings. The van der Waals surface area contributed by atoms with E-state index >= 15 is 0 Å². The van der Waals surface area contributed by atoms with Crippen LogP contribution in [-0.4, -0.2) is 18.0 Å². The molecule has 0 bridgehead atoms. The van der Waals surface area contributed by atoms with Crippen molar-refractivity contribution in [2.75, 3.05) is 5.73 Å². The number of rotatable bonds is 4. The molecule has 0 aliphatic heterocycles. The van der Waals surface area contributed by atoms with E-state index in [9.17, 15) is 13.0 Å². The van der Waals surface area contributed by atoms with Gasteiger partial charge in [0.2, 0.25) is 0 Å². The summed E-state index contributed by atoms with van der Waals surface area (Å²) in [5.41, 5.74) is 8.96. The number of thiophene rings is 1. The lowest BCUT2D eigenvalue weighted by molar-refractivity contribution is 0.484. The monoisotopic (exact) mass is 510 g/mol. The number of azo groups is 1. The number of aromatic nitrogens is 1. The average Bonchev–Trinajstić information content (AvgIpc) is 3.27. The highest BCUT2D eigenvalue weighted by atomic mass is 32.2. The smallest absolute Gasteiger partial charge is 0.295 e. The first-order valence-electron chi connectivity index (χ1n) is 11.0. The van der Waals surface area contributed by atoms with Gasteiger partial charge in [0.15, 0.2) is 0 Å². The molecule has 0 saturated heterocycles. The molecule has 6 aromatic rings. The zero-order valence-corrected chi connectivity index (χ0v) is 20.3. The molecule has 0 fully saturated rings. The van der Waals surface area contributed by atoms with Gasteiger partial charge in [-0.3, -0.25) is 9.54 Å². The van der Waals surface area contributed by atoms with E-state index < -0.39 is 10.1 Å². The van der Waals surface area contributed by atoms with Crippen LogP contribution in [0.4, 0.5) is 17.1 Å². The zero-order chi connectivity index (χ0) is 24.9. The summed E-state index contributed by atoms with van der Waals surface area (Å²) >= 11 is 1.74. The minimum atomic E-state index is -4.48. The molecule has 0 spiro atoms. The van der Waals surface area contributed by atoms with Crippen molar-refractivity contribution in [2.24, 2.45) is 10.2 Å². The van der Waals surface area contributed by atoms with Crippen molar-refractivity contribution in [3.8, 4) is 11.3 Å². The standard InChI is InChI=1S/C27H18N4O3S2/c28-26-19-8-2-1-7-18(19)25(36(32,33)34)14-23(26)31-30-16-12-13-22(29-15-16)21-10-5-9-20-17-6-3-4-11-24(17)35-27(20)21/h1-15H,28H2,(H,32,33,34)/b31-30+. The van der Waals surface area contributed by atoms with E-state index in [4.69, 9.17) is 5.73 Å². The first-order chi connectivity index (χ1) is 17.4. The molecule has 0 atom stereocenters. The molecule has 176 valence electrons. The maximum Gasteiger partial charge on any atom is 0.295 e. The van der Waals surface area contributed by atoms with Crippen molar-refractivity contribution >= 4 is 69.5 Å². The number of hydrogen-bond acceptors (Lipinski definition) is 7. The van der Waals surface area contributed by atoms with Gasteiger partial charge in [0.05, 0.1) is 17.6 Å². The molecule has 0 amide bonds.